The molecule has 132 valence electrons. The maximum atomic E-state index is 2.56. The third-order valence-corrected chi connectivity index (χ3v) is 12.6. The number of rotatable bonds is 4. The summed E-state index contributed by atoms with van der Waals surface area (Å²) in [5, 5.41) is 1.58. The molecule has 0 aromatic heterocycles. The minimum Gasteiger partial charge on any atom is -1.00 e. The van der Waals surface area contributed by atoms with Crippen LogP contribution in [-0.2, 0) is 20.4 Å². The SMILES string of the molecule is CCC(C)C1=C[C]([Ti+3])([Si](C)(C)c2cc(C)cc(C)c2)C=C1.[Cl-].[Cl-].[Cl-]. The Kier molecular flexibility index (Phi) is 11.1. The topological polar surface area (TPSA) is 0 Å². The van der Waals surface area contributed by atoms with Gasteiger partial charge >= 0.3 is 143 Å². The maximum Gasteiger partial charge on any atom is -1.00 e. The maximum absolute atomic E-state index is 2.56. The first-order chi connectivity index (χ1) is 9.69. The number of halogens is 3. The van der Waals surface area contributed by atoms with Crippen LogP contribution in [0.1, 0.15) is 31.4 Å². The van der Waals surface area contributed by atoms with Crippen molar-refractivity contribution in [2.24, 2.45) is 5.92 Å². The van der Waals surface area contributed by atoms with Gasteiger partial charge in [-0.2, -0.15) is 0 Å². The third-order valence-electron chi connectivity index (χ3n) is 5.09. The van der Waals surface area contributed by atoms with Crippen LogP contribution in [0.25, 0.3) is 0 Å². The average molecular weight is 438 g/mol. The van der Waals surface area contributed by atoms with Crippen molar-refractivity contribution in [2.75, 3.05) is 0 Å². The number of aryl methyl sites for hydroxylation is 2. The molecule has 2 unspecified atom stereocenters. The zero-order chi connectivity index (χ0) is 15.8. The van der Waals surface area contributed by atoms with Crippen molar-refractivity contribution in [2.45, 2.75) is 50.6 Å². The number of allylic oxidation sites excluding steroid dienone is 4. The van der Waals surface area contributed by atoms with Crippen molar-refractivity contribution >= 4 is 13.3 Å². The molecule has 0 aliphatic heterocycles. The second-order valence-corrected chi connectivity index (χ2v) is 13.9. The fourth-order valence-corrected chi connectivity index (χ4v) is 6.84. The van der Waals surface area contributed by atoms with Crippen LogP contribution in [-0.4, -0.2) is 8.07 Å². The van der Waals surface area contributed by atoms with E-state index < -0.39 is 8.07 Å². The molecule has 1 aliphatic rings. The van der Waals surface area contributed by atoms with E-state index in [-0.39, 0.29) is 40.6 Å². The summed E-state index contributed by atoms with van der Waals surface area (Å²) in [4.78, 5) is 0. The third kappa shape index (κ3) is 5.25. The van der Waals surface area contributed by atoms with E-state index in [0.29, 0.717) is 5.92 Å². The molecule has 0 N–H and O–H groups in total. The molecule has 24 heavy (non-hydrogen) atoms. The molecule has 5 heteroatoms. The average Bonchev–Trinajstić information content (AvgIpc) is 2.81. The van der Waals surface area contributed by atoms with Gasteiger partial charge in [0.05, 0.1) is 0 Å². The molecule has 0 radical (unpaired) electrons. The first kappa shape index (κ1) is 26.7. The summed E-state index contributed by atoms with van der Waals surface area (Å²) in [7, 11) is -1.60. The van der Waals surface area contributed by atoms with Crippen LogP contribution >= 0.6 is 0 Å². The summed E-state index contributed by atoms with van der Waals surface area (Å²) in [5.41, 5.74) is 4.31. The Labute approximate surface area is 179 Å². The number of benzene rings is 1. The van der Waals surface area contributed by atoms with Gasteiger partial charge in [0.15, 0.2) is 0 Å². The van der Waals surface area contributed by atoms with Crippen molar-refractivity contribution in [3.8, 4) is 0 Å². The molecule has 0 saturated heterocycles. The van der Waals surface area contributed by atoms with E-state index in [1.165, 1.54) is 23.1 Å². The normalized spacial score (nSPS) is 20.4. The summed E-state index contributed by atoms with van der Waals surface area (Å²) in [6, 6.07) is 7.10. The molecule has 0 spiro atoms. The second-order valence-electron chi connectivity index (χ2n) is 7.16. The molecule has 0 heterocycles. The number of hydrogen-bond acceptors (Lipinski definition) is 0. The molecule has 1 aromatic rings. The molecular formula is C19H27Cl3SiTi. The van der Waals surface area contributed by atoms with Gasteiger partial charge in [-0.15, -0.1) is 0 Å². The van der Waals surface area contributed by atoms with Crippen molar-refractivity contribution in [1.82, 2.24) is 0 Å². The Balaban J connectivity index is 0. The first-order valence-electron chi connectivity index (χ1n) is 7.95. The molecule has 0 bridgehead atoms. The van der Waals surface area contributed by atoms with E-state index in [4.69, 9.17) is 0 Å². The van der Waals surface area contributed by atoms with E-state index in [1.54, 1.807) is 5.19 Å². The Hall–Kier alpha value is 0.501. The van der Waals surface area contributed by atoms with E-state index in [0.717, 1.165) is 0 Å². The van der Waals surface area contributed by atoms with Gasteiger partial charge in [0, 0.05) is 0 Å². The van der Waals surface area contributed by atoms with Crippen molar-refractivity contribution in [3.63, 3.8) is 0 Å². The van der Waals surface area contributed by atoms with Crippen molar-refractivity contribution in [1.29, 1.82) is 0 Å². The van der Waals surface area contributed by atoms with Crippen LogP contribution in [0.2, 0.25) is 16.4 Å². The van der Waals surface area contributed by atoms with Crippen LogP contribution < -0.4 is 42.4 Å². The van der Waals surface area contributed by atoms with E-state index in [2.05, 4.69) is 97.7 Å². The molecule has 1 aromatic carbocycles. The van der Waals surface area contributed by atoms with E-state index in [9.17, 15) is 0 Å². The fourth-order valence-electron chi connectivity index (χ4n) is 3.09. The second kappa shape index (κ2) is 10.00. The molecule has 0 fully saturated rings. The van der Waals surface area contributed by atoms with Gasteiger partial charge in [-0.3, -0.25) is 0 Å². The predicted molar refractivity (Wildman–Crippen MR) is 92.4 cm³/mol. The molecule has 0 nitrogen and oxygen atoms in total. The molecule has 1 aliphatic carbocycles. The Morgan fingerprint density at radius 1 is 1.04 bits per heavy atom. The Bertz CT molecular complexity index is 590. The standard InChI is InChI=1S/C19H27Si.3ClH.Ti/c1-7-16(4)17-8-9-18(13-17)20(5,6)19-11-14(2)10-15(3)12-19;;;;/h8-13,16H,7H2,1-6H3;3*1H;/q;;;;+3/p-3. The Morgan fingerprint density at radius 2 is 1.54 bits per heavy atom. The van der Waals surface area contributed by atoms with Gasteiger partial charge in [0.2, 0.25) is 0 Å². The molecule has 2 rings (SSSR count). The van der Waals surface area contributed by atoms with Gasteiger partial charge in [0.25, 0.3) is 0 Å². The zero-order valence-corrected chi connectivity index (χ0v) is 20.2. The summed E-state index contributed by atoms with van der Waals surface area (Å²) in [6.07, 6.45) is 8.63. The van der Waals surface area contributed by atoms with Crippen LogP contribution in [0.15, 0.2) is 42.0 Å². The van der Waals surface area contributed by atoms with Gasteiger partial charge < -0.3 is 37.2 Å². The largest absolute Gasteiger partial charge is 1.00 e. The van der Waals surface area contributed by atoms with Gasteiger partial charge in [-0.05, 0) is 0 Å². The van der Waals surface area contributed by atoms with Crippen LogP contribution in [0.4, 0.5) is 0 Å². The van der Waals surface area contributed by atoms with E-state index >= 15 is 0 Å². The zero-order valence-electron chi connectivity index (χ0n) is 15.4. The predicted octanol–water partition coefficient (Wildman–Crippen LogP) is -3.98. The van der Waals surface area contributed by atoms with Crippen LogP contribution in [0, 0.1) is 19.8 Å². The fraction of sp³-hybridized carbons (Fsp3) is 0.474. The Morgan fingerprint density at radius 3 is 2.00 bits per heavy atom. The summed E-state index contributed by atoms with van der Waals surface area (Å²) in [6.45, 7) is 14.1. The van der Waals surface area contributed by atoms with Crippen molar-refractivity contribution < 1.29 is 57.7 Å². The summed E-state index contributed by atoms with van der Waals surface area (Å²) >= 11 is 2.43. The monoisotopic (exact) mass is 436 g/mol. The summed E-state index contributed by atoms with van der Waals surface area (Å²) in [5.74, 6) is 0.673. The van der Waals surface area contributed by atoms with Gasteiger partial charge in [0.1, 0.15) is 0 Å². The summed E-state index contributed by atoms with van der Waals surface area (Å²) < 4.78 is 0.228. The van der Waals surface area contributed by atoms with E-state index in [1.807, 2.05) is 0 Å². The van der Waals surface area contributed by atoms with Crippen molar-refractivity contribution in [3.05, 3.63) is 53.1 Å². The smallest absolute Gasteiger partial charge is 1.00 e. The first-order valence-corrected chi connectivity index (χ1v) is 11.7. The quantitative estimate of drug-likeness (QED) is 0.422. The van der Waals surface area contributed by atoms with Crippen LogP contribution in [0.5, 0.6) is 0 Å². The van der Waals surface area contributed by atoms with Gasteiger partial charge in [-0.25, -0.2) is 0 Å². The van der Waals surface area contributed by atoms with Gasteiger partial charge in [-0.1, -0.05) is 0 Å². The minimum absolute atomic E-state index is 0. The molecule has 0 saturated carbocycles. The minimum atomic E-state index is -1.60. The molecule has 0 amide bonds. The van der Waals surface area contributed by atoms with Crippen LogP contribution in [0.3, 0.4) is 0 Å². The molecular weight excluding hydrogens is 411 g/mol. The molecule has 2 atom stereocenters. The number of hydrogen-bond donors (Lipinski definition) is 0.